The number of methoxy groups -OCH3 is 1. The molecule has 3 heteroatoms. The fraction of sp³-hybridized carbons (Fsp3) is 0.600. The number of benzene rings is 1. The van der Waals surface area contributed by atoms with Crippen LogP contribution in [0.3, 0.4) is 0 Å². The zero-order valence-electron chi connectivity index (χ0n) is 11.2. The fourth-order valence-corrected chi connectivity index (χ4v) is 2.96. The van der Waals surface area contributed by atoms with E-state index in [4.69, 9.17) is 21.1 Å². The SMILES string of the molecule is COc1ccc(C)cc1CC1(CCl)CCCOC1. The monoisotopic (exact) mass is 268 g/mol. The van der Waals surface area contributed by atoms with Gasteiger partial charge in [-0.15, -0.1) is 11.6 Å². The Hall–Kier alpha value is -0.730. The quantitative estimate of drug-likeness (QED) is 0.777. The maximum Gasteiger partial charge on any atom is 0.122 e. The van der Waals surface area contributed by atoms with Gasteiger partial charge in [-0.05, 0) is 37.8 Å². The lowest BCUT2D eigenvalue weighted by Gasteiger charge is -2.35. The Kier molecular flexibility index (Phi) is 4.52. The van der Waals surface area contributed by atoms with Crippen LogP contribution in [0.15, 0.2) is 18.2 Å². The molecule has 1 heterocycles. The van der Waals surface area contributed by atoms with Crippen LogP contribution in [0.2, 0.25) is 0 Å². The van der Waals surface area contributed by atoms with Crippen LogP contribution in [0.1, 0.15) is 24.0 Å². The average molecular weight is 269 g/mol. The highest BCUT2D eigenvalue weighted by Gasteiger charge is 2.33. The van der Waals surface area contributed by atoms with Crippen molar-refractivity contribution in [2.45, 2.75) is 26.2 Å². The van der Waals surface area contributed by atoms with Gasteiger partial charge in [0.05, 0.1) is 13.7 Å². The van der Waals surface area contributed by atoms with Crippen LogP contribution in [0.25, 0.3) is 0 Å². The van der Waals surface area contributed by atoms with E-state index in [2.05, 4.69) is 19.1 Å². The third-order valence-electron chi connectivity index (χ3n) is 3.69. The van der Waals surface area contributed by atoms with Gasteiger partial charge in [0, 0.05) is 17.9 Å². The molecule has 18 heavy (non-hydrogen) atoms. The molecule has 0 saturated carbocycles. The normalized spacial score (nSPS) is 23.9. The van der Waals surface area contributed by atoms with Gasteiger partial charge in [0.1, 0.15) is 5.75 Å². The van der Waals surface area contributed by atoms with Crippen molar-refractivity contribution in [3.05, 3.63) is 29.3 Å². The number of hydrogen-bond donors (Lipinski definition) is 0. The molecule has 2 nitrogen and oxygen atoms in total. The van der Waals surface area contributed by atoms with Crippen molar-refractivity contribution in [1.29, 1.82) is 0 Å². The Labute approximate surface area is 114 Å². The van der Waals surface area contributed by atoms with Gasteiger partial charge in [-0.2, -0.15) is 0 Å². The molecule has 0 N–H and O–H groups in total. The zero-order valence-corrected chi connectivity index (χ0v) is 11.9. The summed E-state index contributed by atoms with van der Waals surface area (Å²) in [6.45, 7) is 3.73. The van der Waals surface area contributed by atoms with Gasteiger partial charge in [0.15, 0.2) is 0 Å². The minimum atomic E-state index is 0.0703. The second-order valence-electron chi connectivity index (χ2n) is 5.28. The van der Waals surface area contributed by atoms with Gasteiger partial charge in [0.25, 0.3) is 0 Å². The molecule has 0 aliphatic carbocycles. The molecular formula is C15H21ClO2. The molecule has 1 fully saturated rings. The minimum absolute atomic E-state index is 0.0703. The molecular weight excluding hydrogens is 248 g/mol. The molecule has 0 radical (unpaired) electrons. The number of alkyl halides is 1. The molecule has 1 aromatic rings. The first-order valence-corrected chi connectivity index (χ1v) is 7.00. The van der Waals surface area contributed by atoms with Crippen molar-refractivity contribution >= 4 is 11.6 Å². The van der Waals surface area contributed by atoms with Crippen LogP contribution in [0.5, 0.6) is 5.75 Å². The molecule has 2 rings (SSSR count). The smallest absolute Gasteiger partial charge is 0.122 e. The van der Waals surface area contributed by atoms with Crippen molar-refractivity contribution < 1.29 is 9.47 Å². The maximum absolute atomic E-state index is 6.20. The van der Waals surface area contributed by atoms with Crippen LogP contribution in [0.4, 0.5) is 0 Å². The van der Waals surface area contributed by atoms with E-state index in [1.165, 1.54) is 11.1 Å². The zero-order chi connectivity index (χ0) is 13.0. The Morgan fingerprint density at radius 1 is 1.44 bits per heavy atom. The van der Waals surface area contributed by atoms with E-state index >= 15 is 0 Å². The van der Waals surface area contributed by atoms with Crippen molar-refractivity contribution in [1.82, 2.24) is 0 Å². The van der Waals surface area contributed by atoms with E-state index in [1.54, 1.807) is 7.11 Å². The van der Waals surface area contributed by atoms with E-state index in [0.29, 0.717) is 5.88 Å². The second-order valence-corrected chi connectivity index (χ2v) is 5.55. The van der Waals surface area contributed by atoms with Crippen molar-refractivity contribution in [3.8, 4) is 5.75 Å². The lowest BCUT2D eigenvalue weighted by molar-refractivity contribution is 0.00453. The average Bonchev–Trinajstić information content (AvgIpc) is 2.40. The largest absolute Gasteiger partial charge is 0.496 e. The highest BCUT2D eigenvalue weighted by Crippen LogP contribution is 2.36. The molecule has 1 saturated heterocycles. The Bertz CT molecular complexity index is 397. The molecule has 1 unspecified atom stereocenters. The van der Waals surface area contributed by atoms with Crippen molar-refractivity contribution in [2.24, 2.45) is 5.41 Å². The van der Waals surface area contributed by atoms with E-state index in [0.717, 1.165) is 38.2 Å². The molecule has 1 aliphatic rings. The van der Waals surface area contributed by atoms with Gasteiger partial charge in [-0.3, -0.25) is 0 Å². The summed E-state index contributed by atoms with van der Waals surface area (Å²) in [5.41, 5.74) is 2.57. The molecule has 0 spiro atoms. The van der Waals surface area contributed by atoms with E-state index in [1.807, 2.05) is 6.07 Å². The summed E-state index contributed by atoms with van der Waals surface area (Å²) >= 11 is 6.20. The van der Waals surface area contributed by atoms with Crippen LogP contribution >= 0.6 is 11.6 Å². The predicted octanol–water partition coefficient (Wildman–Crippen LogP) is 3.58. The van der Waals surface area contributed by atoms with E-state index in [-0.39, 0.29) is 5.41 Å². The molecule has 1 aromatic carbocycles. The van der Waals surface area contributed by atoms with Crippen LogP contribution in [-0.2, 0) is 11.2 Å². The standard InChI is InChI=1S/C15H21ClO2/c1-12-4-5-14(17-2)13(8-12)9-15(10-16)6-3-7-18-11-15/h4-5,8H,3,6-7,9-11H2,1-2H3. The topological polar surface area (TPSA) is 18.5 Å². The lowest BCUT2D eigenvalue weighted by atomic mass is 9.78. The van der Waals surface area contributed by atoms with Gasteiger partial charge >= 0.3 is 0 Å². The Morgan fingerprint density at radius 3 is 2.89 bits per heavy atom. The Morgan fingerprint density at radius 2 is 2.28 bits per heavy atom. The summed E-state index contributed by atoms with van der Waals surface area (Å²) in [6.07, 6.45) is 3.16. The second kappa shape index (κ2) is 5.94. The summed E-state index contributed by atoms with van der Waals surface area (Å²) < 4.78 is 11.1. The Balaban J connectivity index is 2.23. The van der Waals surface area contributed by atoms with Gasteiger partial charge in [-0.1, -0.05) is 17.7 Å². The summed E-state index contributed by atoms with van der Waals surface area (Å²) in [6, 6.07) is 6.31. The van der Waals surface area contributed by atoms with Crippen LogP contribution < -0.4 is 4.74 Å². The predicted molar refractivity (Wildman–Crippen MR) is 74.6 cm³/mol. The first-order valence-electron chi connectivity index (χ1n) is 6.46. The van der Waals surface area contributed by atoms with Crippen LogP contribution in [-0.4, -0.2) is 26.2 Å². The molecule has 0 aromatic heterocycles. The minimum Gasteiger partial charge on any atom is -0.496 e. The fourth-order valence-electron chi connectivity index (χ4n) is 2.65. The number of ether oxygens (including phenoxy) is 2. The third-order valence-corrected chi connectivity index (χ3v) is 4.26. The number of rotatable bonds is 4. The van der Waals surface area contributed by atoms with E-state index in [9.17, 15) is 0 Å². The van der Waals surface area contributed by atoms with E-state index < -0.39 is 0 Å². The number of aryl methyl sites for hydroxylation is 1. The highest BCUT2D eigenvalue weighted by atomic mass is 35.5. The first-order chi connectivity index (χ1) is 8.69. The summed E-state index contributed by atoms with van der Waals surface area (Å²) in [4.78, 5) is 0. The summed E-state index contributed by atoms with van der Waals surface area (Å²) in [5.74, 6) is 1.60. The number of hydrogen-bond acceptors (Lipinski definition) is 2. The molecule has 0 bridgehead atoms. The van der Waals surface area contributed by atoms with Gasteiger partial charge in [-0.25, -0.2) is 0 Å². The molecule has 0 amide bonds. The lowest BCUT2D eigenvalue weighted by Crippen LogP contribution is -2.35. The third kappa shape index (κ3) is 2.99. The van der Waals surface area contributed by atoms with Crippen LogP contribution in [0, 0.1) is 12.3 Å². The first kappa shape index (κ1) is 13.7. The highest BCUT2D eigenvalue weighted by molar-refractivity contribution is 6.18. The molecule has 100 valence electrons. The maximum atomic E-state index is 6.20. The van der Waals surface area contributed by atoms with Gasteiger partial charge in [0.2, 0.25) is 0 Å². The van der Waals surface area contributed by atoms with Crippen molar-refractivity contribution in [2.75, 3.05) is 26.2 Å². The summed E-state index contributed by atoms with van der Waals surface area (Å²) in [5, 5.41) is 0. The van der Waals surface area contributed by atoms with Crippen molar-refractivity contribution in [3.63, 3.8) is 0 Å². The molecule has 1 aliphatic heterocycles. The number of halogens is 1. The molecule has 1 atom stereocenters. The van der Waals surface area contributed by atoms with Gasteiger partial charge < -0.3 is 9.47 Å². The summed E-state index contributed by atoms with van der Waals surface area (Å²) in [7, 11) is 1.72.